The summed E-state index contributed by atoms with van der Waals surface area (Å²) in [5.74, 6) is 0. The van der Waals surface area contributed by atoms with Gasteiger partial charge >= 0.3 is 0 Å². The molecule has 1 atom stereocenters. The summed E-state index contributed by atoms with van der Waals surface area (Å²) in [7, 11) is 0. The van der Waals surface area contributed by atoms with Crippen LogP contribution in [0.1, 0.15) is 38.2 Å². The highest BCUT2D eigenvalue weighted by atomic mass is 35.5. The van der Waals surface area contributed by atoms with Crippen molar-refractivity contribution in [3.63, 3.8) is 0 Å². The summed E-state index contributed by atoms with van der Waals surface area (Å²) in [6.07, 6.45) is 6.07. The van der Waals surface area contributed by atoms with Crippen LogP contribution in [0.2, 0.25) is 10.0 Å². The van der Waals surface area contributed by atoms with Crippen molar-refractivity contribution in [3.05, 3.63) is 33.8 Å². The Morgan fingerprint density at radius 3 is 2.86 bits per heavy atom. The fraction of sp³-hybridized carbons (Fsp3) is 0.647. The molecular weight excluding hydrogens is 303 g/mol. The number of halogens is 2. The van der Waals surface area contributed by atoms with E-state index in [9.17, 15) is 0 Å². The lowest BCUT2D eigenvalue weighted by Gasteiger charge is -2.19. The van der Waals surface area contributed by atoms with Crippen molar-refractivity contribution in [1.82, 2.24) is 10.2 Å². The second kappa shape index (κ2) is 8.99. The third-order valence-electron chi connectivity index (χ3n) is 4.20. The number of nitrogens with one attached hydrogen (secondary N) is 1. The van der Waals surface area contributed by atoms with Gasteiger partial charge in [-0.3, -0.25) is 0 Å². The number of hydrogen-bond acceptors (Lipinski definition) is 2. The van der Waals surface area contributed by atoms with Crippen molar-refractivity contribution >= 4 is 23.2 Å². The minimum Gasteiger partial charge on any atom is -0.314 e. The molecule has 1 fully saturated rings. The second-order valence-electron chi connectivity index (χ2n) is 5.91. The zero-order valence-corrected chi connectivity index (χ0v) is 14.4. The predicted octanol–water partition coefficient (Wildman–Crippen LogP) is 4.39. The molecule has 1 aromatic carbocycles. The van der Waals surface area contributed by atoms with Crippen molar-refractivity contribution in [1.29, 1.82) is 0 Å². The summed E-state index contributed by atoms with van der Waals surface area (Å²) in [4.78, 5) is 2.59. The molecule has 1 N–H and O–H groups in total. The van der Waals surface area contributed by atoms with E-state index in [1.165, 1.54) is 50.9 Å². The quantitative estimate of drug-likeness (QED) is 0.833. The molecule has 2 rings (SSSR count). The van der Waals surface area contributed by atoms with Crippen molar-refractivity contribution < 1.29 is 0 Å². The smallest absolute Gasteiger partial charge is 0.0453 e. The summed E-state index contributed by atoms with van der Waals surface area (Å²) in [6.45, 7) is 6.98. The van der Waals surface area contributed by atoms with Crippen LogP contribution in [0.3, 0.4) is 0 Å². The largest absolute Gasteiger partial charge is 0.314 e. The lowest BCUT2D eigenvalue weighted by molar-refractivity contribution is 0.283. The molecule has 0 aliphatic carbocycles. The third-order valence-corrected chi connectivity index (χ3v) is 4.79. The van der Waals surface area contributed by atoms with E-state index in [-0.39, 0.29) is 0 Å². The molecule has 1 heterocycles. The van der Waals surface area contributed by atoms with Crippen LogP contribution >= 0.6 is 23.2 Å². The predicted molar refractivity (Wildman–Crippen MR) is 92.5 cm³/mol. The summed E-state index contributed by atoms with van der Waals surface area (Å²) < 4.78 is 0. The normalized spacial score (nSPS) is 20.4. The first-order chi connectivity index (χ1) is 10.2. The Labute approximate surface area is 138 Å². The summed E-state index contributed by atoms with van der Waals surface area (Å²) >= 11 is 12.1. The van der Waals surface area contributed by atoms with Gasteiger partial charge in [-0.05, 0) is 76.0 Å². The molecule has 0 spiro atoms. The Hall–Kier alpha value is -0.280. The van der Waals surface area contributed by atoms with Crippen molar-refractivity contribution in [3.8, 4) is 0 Å². The first kappa shape index (κ1) is 17.1. The van der Waals surface area contributed by atoms with Crippen LogP contribution in [0, 0.1) is 0 Å². The third kappa shape index (κ3) is 5.78. The standard InChI is InChI=1S/C17H26Cl2N2/c1-2-10-21-11-3-4-16(8-12-21)20-9-7-14-5-6-15(18)13-17(14)19/h5-6,13,16,20H,2-4,7-12H2,1H3. The highest BCUT2D eigenvalue weighted by Gasteiger charge is 2.15. The highest BCUT2D eigenvalue weighted by molar-refractivity contribution is 6.35. The molecular formula is C17H26Cl2N2. The maximum absolute atomic E-state index is 6.21. The van der Waals surface area contributed by atoms with Gasteiger partial charge in [0.25, 0.3) is 0 Å². The Morgan fingerprint density at radius 2 is 2.10 bits per heavy atom. The molecule has 1 unspecified atom stereocenters. The van der Waals surface area contributed by atoms with E-state index >= 15 is 0 Å². The molecule has 0 bridgehead atoms. The zero-order valence-electron chi connectivity index (χ0n) is 12.9. The van der Waals surface area contributed by atoms with Crippen LogP contribution in [0.4, 0.5) is 0 Å². The van der Waals surface area contributed by atoms with Crippen molar-refractivity contribution in [2.75, 3.05) is 26.2 Å². The summed E-state index contributed by atoms with van der Waals surface area (Å²) in [5, 5.41) is 5.18. The number of rotatable bonds is 6. The molecule has 118 valence electrons. The molecule has 1 aliphatic rings. The first-order valence-corrected chi connectivity index (χ1v) is 8.84. The SMILES string of the molecule is CCCN1CCCC(NCCc2ccc(Cl)cc2Cl)CC1. The molecule has 21 heavy (non-hydrogen) atoms. The van der Waals surface area contributed by atoms with Crippen LogP contribution in [0.15, 0.2) is 18.2 Å². The number of likely N-dealkylation sites (tertiary alicyclic amines) is 1. The van der Waals surface area contributed by atoms with E-state index in [0.29, 0.717) is 11.1 Å². The number of hydrogen-bond donors (Lipinski definition) is 1. The van der Waals surface area contributed by atoms with Gasteiger partial charge < -0.3 is 10.2 Å². The minimum absolute atomic E-state index is 0.651. The highest BCUT2D eigenvalue weighted by Crippen LogP contribution is 2.21. The summed E-state index contributed by atoms with van der Waals surface area (Å²) in [5.41, 5.74) is 1.18. The van der Waals surface area contributed by atoms with Gasteiger partial charge in [-0.2, -0.15) is 0 Å². The molecule has 0 aromatic heterocycles. The van der Waals surface area contributed by atoms with Crippen LogP contribution in [0.5, 0.6) is 0 Å². The molecule has 0 saturated carbocycles. The van der Waals surface area contributed by atoms with E-state index in [0.717, 1.165) is 18.0 Å². The van der Waals surface area contributed by atoms with E-state index in [2.05, 4.69) is 17.1 Å². The summed E-state index contributed by atoms with van der Waals surface area (Å²) in [6, 6.07) is 6.42. The lowest BCUT2D eigenvalue weighted by atomic mass is 10.1. The molecule has 1 aliphatic heterocycles. The molecule has 1 saturated heterocycles. The molecule has 2 nitrogen and oxygen atoms in total. The minimum atomic E-state index is 0.651. The van der Waals surface area contributed by atoms with Gasteiger partial charge in [-0.1, -0.05) is 36.2 Å². The average molecular weight is 329 g/mol. The van der Waals surface area contributed by atoms with Crippen molar-refractivity contribution in [2.45, 2.75) is 45.1 Å². The van der Waals surface area contributed by atoms with E-state index in [1.54, 1.807) is 0 Å². The molecule has 1 aromatic rings. The zero-order chi connectivity index (χ0) is 15.1. The van der Waals surface area contributed by atoms with E-state index in [1.807, 2.05) is 18.2 Å². The van der Waals surface area contributed by atoms with Gasteiger partial charge in [0, 0.05) is 16.1 Å². The fourth-order valence-electron chi connectivity index (χ4n) is 3.04. The Balaban J connectivity index is 1.73. The van der Waals surface area contributed by atoms with Crippen molar-refractivity contribution in [2.24, 2.45) is 0 Å². The van der Waals surface area contributed by atoms with Gasteiger partial charge in [0.1, 0.15) is 0 Å². The first-order valence-electron chi connectivity index (χ1n) is 8.08. The fourth-order valence-corrected chi connectivity index (χ4v) is 3.54. The second-order valence-corrected chi connectivity index (χ2v) is 6.75. The van der Waals surface area contributed by atoms with E-state index in [4.69, 9.17) is 23.2 Å². The Morgan fingerprint density at radius 1 is 1.24 bits per heavy atom. The monoisotopic (exact) mass is 328 g/mol. The topological polar surface area (TPSA) is 15.3 Å². The van der Waals surface area contributed by atoms with Crippen LogP contribution in [-0.4, -0.2) is 37.1 Å². The van der Waals surface area contributed by atoms with Gasteiger partial charge in [0.15, 0.2) is 0 Å². The molecule has 4 heteroatoms. The number of benzene rings is 1. The Kier molecular flexibility index (Phi) is 7.31. The van der Waals surface area contributed by atoms with Gasteiger partial charge in [-0.15, -0.1) is 0 Å². The van der Waals surface area contributed by atoms with Crippen LogP contribution in [0.25, 0.3) is 0 Å². The Bertz CT molecular complexity index is 437. The van der Waals surface area contributed by atoms with Gasteiger partial charge in [0.05, 0.1) is 0 Å². The maximum atomic E-state index is 6.21. The van der Waals surface area contributed by atoms with Crippen LogP contribution < -0.4 is 5.32 Å². The molecule has 0 radical (unpaired) electrons. The number of nitrogens with zero attached hydrogens (tertiary/aromatic N) is 1. The van der Waals surface area contributed by atoms with Crippen LogP contribution in [-0.2, 0) is 6.42 Å². The molecule has 0 amide bonds. The van der Waals surface area contributed by atoms with Gasteiger partial charge in [0.2, 0.25) is 0 Å². The maximum Gasteiger partial charge on any atom is 0.0453 e. The van der Waals surface area contributed by atoms with Gasteiger partial charge in [-0.25, -0.2) is 0 Å². The average Bonchev–Trinajstić information content (AvgIpc) is 2.67. The lowest BCUT2D eigenvalue weighted by Crippen LogP contribution is -2.32. The van der Waals surface area contributed by atoms with E-state index < -0.39 is 0 Å².